The van der Waals surface area contributed by atoms with Gasteiger partial charge in [-0.15, -0.1) is 0 Å². The Balaban J connectivity index is 1.55. The van der Waals surface area contributed by atoms with E-state index in [0.29, 0.717) is 13.1 Å². The molecule has 224 valence electrons. The lowest BCUT2D eigenvalue weighted by atomic mass is 10.0. The molecule has 4 bridgehead atoms. The van der Waals surface area contributed by atoms with Gasteiger partial charge in [0.2, 0.25) is 0 Å². The summed E-state index contributed by atoms with van der Waals surface area (Å²) < 4.78 is 0. The number of anilines is 2. The van der Waals surface area contributed by atoms with Crippen molar-refractivity contribution in [3.8, 4) is 0 Å². The van der Waals surface area contributed by atoms with Crippen LogP contribution in [0.4, 0.5) is 11.4 Å². The van der Waals surface area contributed by atoms with Crippen LogP contribution >= 0.6 is 0 Å². The van der Waals surface area contributed by atoms with Gasteiger partial charge in [-0.25, -0.2) is 9.97 Å². The average Bonchev–Trinajstić information content (AvgIpc) is 3.04. The van der Waals surface area contributed by atoms with Gasteiger partial charge in [-0.3, -0.25) is 20.0 Å². The van der Waals surface area contributed by atoms with Crippen molar-refractivity contribution in [3.05, 3.63) is 119 Å². The van der Waals surface area contributed by atoms with Gasteiger partial charge in [-0.2, -0.15) is 0 Å². The van der Waals surface area contributed by atoms with Crippen LogP contribution in [0.25, 0.3) is 0 Å². The predicted octanol–water partition coefficient (Wildman–Crippen LogP) is 5.81. The minimum atomic E-state index is -0.0896. The topological polar surface area (TPSA) is 127 Å². The summed E-state index contributed by atoms with van der Waals surface area (Å²) in [5.41, 5.74) is 22.4. The van der Waals surface area contributed by atoms with Crippen LogP contribution in [0.15, 0.2) is 105 Å². The van der Waals surface area contributed by atoms with Gasteiger partial charge in [0.25, 0.3) is 0 Å². The molecule has 2 atom stereocenters. The highest BCUT2D eigenvalue weighted by Crippen LogP contribution is 2.15. The molecule has 0 fully saturated rings. The van der Waals surface area contributed by atoms with Crippen molar-refractivity contribution in [2.75, 3.05) is 24.6 Å². The van der Waals surface area contributed by atoms with Crippen molar-refractivity contribution in [1.29, 1.82) is 0 Å². The van der Waals surface area contributed by atoms with Crippen LogP contribution < -0.4 is 11.5 Å². The Labute approximate surface area is 259 Å². The van der Waals surface area contributed by atoms with Crippen molar-refractivity contribution in [2.45, 2.75) is 52.6 Å². The highest BCUT2D eigenvalue weighted by molar-refractivity contribution is 6.02. The van der Waals surface area contributed by atoms with Crippen molar-refractivity contribution in [3.63, 3.8) is 0 Å². The first kappa shape index (κ1) is 30.5. The van der Waals surface area contributed by atoms with Gasteiger partial charge in [0.05, 0.1) is 70.8 Å². The van der Waals surface area contributed by atoms with Crippen LogP contribution in [-0.4, -0.2) is 58.0 Å². The highest BCUT2D eigenvalue weighted by atomic mass is 14.9. The largest absolute Gasteiger partial charge is 0.399 e. The SMILES string of the molecule is CC1=NCC(Cc2ccc(N)cc2)N=C(C)c2cccc(n2)C(C)=NCC(Cc2ccc(N)cc2)N=C(C)c2cccc1n2. The molecule has 0 radical (unpaired) electrons. The summed E-state index contributed by atoms with van der Waals surface area (Å²) in [6, 6.07) is 27.7. The van der Waals surface area contributed by atoms with Crippen LogP contribution in [0.3, 0.4) is 0 Å². The molecule has 0 amide bonds. The number of pyridine rings is 2. The van der Waals surface area contributed by atoms with Gasteiger partial charge >= 0.3 is 0 Å². The third-order valence-corrected chi connectivity index (χ3v) is 7.71. The molecular weight excluding hydrogens is 544 g/mol. The fraction of sp³-hybridized carbons (Fsp3) is 0.278. The predicted molar refractivity (Wildman–Crippen MR) is 184 cm³/mol. The zero-order chi connectivity index (χ0) is 31.1. The Morgan fingerprint density at radius 2 is 0.841 bits per heavy atom. The van der Waals surface area contributed by atoms with E-state index in [1.165, 1.54) is 0 Å². The summed E-state index contributed by atoms with van der Waals surface area (Å²) in [5, 5.41) is 0. The van der Waals surface area contributed by atoms with Crippen LogP contribution in [0.5, 0.6) is 0 Å². The maximum absolute atomic E-state index is 5.93. The fourth-order valence-corrected chi connectivity index (χ4v) is 5.16. The Bertz CT molecular complexity index is 1590. The number of hydrogen-bond acceptors (Lipinski definition) is 8. The zero-order valence-corrected chi connectivity index (χ0v) is 25.9. The fourth-order valence-electron chi connectivity index (χ4n) is 5.16. The number of nitrogen functional groups attached to an aromatic ring is 2. The molecule has 5 rings (SSSR count). The number of nitrogens with two attached hydrogens (primary N) is 2. The Hall–Kier alpha value is -4.98. The summed E-state index contributed by atoms with van der Waals surface area (Å²) >= 11 is 0. The molecule has 1 aliphatic rings. The minimum Gasteiger partial charge on any atom is -0.399 e. The van der Waals surface area contributed by atoms with Gasteiger partial charge in [0.15, 0.2) is 0 Å². The van der Waals surface area contributed by atoms with E-state index in [-0.39, 0.29) is 12.1 Å². The molecule has 0 spiro atoms. The maximum atomic E-state index is 5.93. The van der Waals surface area contributed by atoms with Gasteiger partial charge < -0.3 is 11.5 Å². The standard InChI is InChI=1S/C36H40N8/c1-23-33-7-5-9-35(43-33)25(3)42-32(20-28-13-17-30(38)18-14-28)22-40-24(2)34-8-6-10-36(44-34)26(4)41-31(21-39-23)19-27-11-15-29(37)16-12-27/h5-18,31-32H,19-22,37-38H2,1-4H3. The molecule has 2 aromatic heterocycles. The summed E-state index contributed by atoms with van der Waals surface area (Å²) in [5.74, 6) is 0. The summed E-state index contributed by atoms with van der Waals surface area (Å²) in [4.78, 5) is 30.1. The van der Waals surface area contributed by atoms with E-state index in [9.17, 15) is 0 Å². The molecule has 0 saturated heterocycles. The van der Waals surface area contributed by atoms with Crippen molar-refractivity contribution >= 4 is 34.2 Å². The van der Waals surface area contributed by atoms with Crippen molar-refractivity contribution in [1.82, 2.24) is 9.97 Å². The lowest BCUT2D eigenvalue weighted by Crippen LogP contribution is -2.19. The Morgan fingerprint density at radius 3 is 1.20 bits per heavy atom. The molecule has 8 nitrogen and oxygen atoms in total. The Kier molecular flexibility index (Phi) is 9.69. The molecule has 8 heteroatoms. The number of aliphatic imine (C=N–C) groups is 4. The molecule has 1 aliphatic heterocycles. The molecule has 4 N–H and O–H groups in total. The van der Waals surface area contributed by atoms with E-state index >= 15 is 0 Å². The molecule has 0 aliphatic carbocycles. The molecule has 2 aromatic carbocycles. The number of rotatable bonds is 4. The summed E-state index contributed by atoms with van der Waals surface area (Å²) in [6.45, 7) is 9.04. The van der Waals surface area contributed by atoms with Gasteiger partial charge in [0.1, 0.15) is 0 Å². The van der Waals surface area contributed by atoms with E-state index in [4.69, 9.17) is 41.4 Å². The van der Waals surface area contributed by atoms with E-state index in [2.05, 4.69) is 24.3 Å². The third-order valence-electron chi connectivity index (χ3n) is 7.71. The average molecular weight is 585 g/mol. The van der Waals surface area contributed by atoms with Crippen LogP contribution in [0, 0.1) is 0 Å². The monoisotopic (exact) mass is 584 g/mol. The maximum Gasteiger partial charge on any atom is 0.0845 e. The first-order valence-electron chi connectivity index (χ1n) is 15.0. The normalized spacial score (nSPS) is 17.8. The molecule has 0 saturated carbocycles. The second-order valence-electron chi connectivity index (χ2n) is 11.3. The zero-order valence-electron chi connectivity index (χ0n) is 25.9. The first-order chi connectivity index (χ1) is 21.2. The lowest BCUT2D eigenvalue weighted by Gasteiger charge is -2.15. The lowest BCUT2D eigenvalue weighted by molar-refractivity contribution is 0.680. The first-order valence-corrected chi connectivity index (χ1v) is 15.0. The van der Waals surface area contributed by atoms with E-state index in [1.54, 1.807) is 0 Å². The number of fused-ring (bicyclic) bond motifs is 4. The van der Waals surface area contributed by atoms with Crippen molar-refractivity contribution in [2.24, 2.45) is 20.0 Å². The minimum absolute atomic E-state index is 0.0896. The molecule has 4 aromatic rings. The van der Waals surface area contributed by atoms with E-state index in [1.807, 2.05) is 88.4 Å². The smallest absolute Gasteiger partial charge is 0.0845 e. The Morgan fingerprint density at radius 1 is 0.500 bits per heavy atom. The third kappa shape index (κ3) is 8.10. The number of benzene rings is 2. The van der Waals surface area contributed by atoms with Crippen molar-refractivity contribution < 1.29 is 0 Å². The molecular formula is C36H40N8. The highest BCUT2D eigenvalue weighted by Gasteiger charge is 2.15. The molecule has 3 heterocycles. The van der Waals surface area contributed by atoms with Gasteiger partial charge in [0, 0.05) is 11.4 Å². The quantitative estimate of drug-likeness (QED) is 0.293. The number of hydrogen-bond donors (Lipinski definition) is 2. The van der Waals surface area contributed by atoms with E-state index < -0.39 is 0 Å². The number of aromatic nitrogens is 2. The second kappa shape index (κ2) is 14.0. The second-order valence-corrected chi connectivity index (χ2v) is 11.3. The number of nitrogens with zero attached hydrogens (tertiary/aromatic N) is 6. The van der Waals surface area contributed by atoms with E-state index in [0.717, 1.165) is 81.0 Å². The molecule has 44 heavy (non-hydrogen) atoms. The van der Waals surface area contributed by atoms with Crippen LogP contribution in [0.1, 0.15) is 61.6 Å². The summed E-state index contributed by atoms with van der Waals surface area (Å²) in [7, 11) is 0. The van der Waals surface area contributed by atoms with Crippen LogP contribution in [-0.2, 0) is 12.8 Å². The van der Waals surface area contributed by atoms with Gasteiger partial charge in [-0.1, -0.05) is 36.4 Å². The summed E-state index contributed by atoms with van der Waals surface area (Å²) in [6.07, 6.45) is 1.45. The molecule has 2 unspecified atom stereocenters. The van der Waals surface area contributed by atoms with Crippen LogP contribution in [0.2, 0.25) is 0 Å². The van der Waals surface area contributed by atoms with Gasteiger partial charge in [-0.05, 0) is 100 Å².